The van der Waals surface area contributed by atoms with Crippen LogP contribution in [0.2, 0.25) is 0 Å². The molecule has 0 aromatic rings. The van der Waals surface area contributed by atoms with Gasteiger partial charge in [0.25, 0.3) is 0 Å². The molecule has 2 heteroatoms. The first-order valence-electron chi connectivity index (χ1n) is 6.05. The van der Waals surface area contributed by atoms with E-state index in [2.05, 4.69) is 19.2 Å². The number of ether oxygens (including phenoxy) is 1. The first-order valence-corrected chi connectivity index (χ1v) is 6.05. The SMILES string of the molecule is CCC(C)OC1(CNC)CCCCC1. The van der Waals surface area contributed by atoms with Crippen LogP contribution in [0, 0.1) is 0 Å². The molecule has 1 unspecified atom stereocenters. The first-order chi connectivity index (χ1) is 6.72. The lowest BCUT2D eigenvalue weighted by atomic mass is 9.84. The molecular formula is C12H25NO. The number of hydrogen-bond donors (Lipinski definition) is 1. The van der Waals surface area contributed by atoms with E-state index in [0.29, 0.717) is 6.10 Å². The number of nitrogens with one attached hydrogen (secondary N) is 1. The highest BCUT2D eigenvalue weighted by molar-refractivity contribution is 4.87. The summed E-state index contributed by atoms with van der Waals surface area (Å²) in [4.78, 5) is 0. The summed E-state index contributed by atoms with van der Waals surface area (Å²) in [6.45, 7) is 5.39. The van der Waals surface area contributed by atoms with Crippen LogP contribution < -0.4 is 5.32 Å². The van der Waals surface area contributed by atoms with Gasteiger partial charge in [0.1, 0.15) is 0 Å². The number of rotatable bonds is 5. The van der Waals surface area contributed by atoms with E-state index in [1.54, 1.807) is 0 Å². The highest BCUT2D eigenvalue weighted by Crippen LogP contribution is 2.32. The number of hydrogen-bond acceptors (Lipinski definition) is 2. The van der Waals surface area contributed by atoms with Crippen molar-refractivity contribution in [3.63, 3.8) is 0 Å². The molecule has 0 amide bonds. The fourth-order valence-electron chi connectivity index (χ4n) is 2.36. The van der Waals surface area contributed by atoms with Crippen LogP contribution in [0.3, 0.4) is 0 Å². The molecule has 0 aromatic heterocycles. The minimum Gasteiger partial charge on any atom is -0.371 e. The van der Waals surface area contributed by atoms with Gasteiger partial charge in [-0.25, -0.2) is 0 Å². The predicted octanol–water partition coefficient (Wildman–Crippen LogP) is 2.72. The van der Waals surface area contributed by atoms with Gasteiger partial charge in [0.05, 0.1) is 11.7 Å². The molecule has 0 aromatic carbocycles. The third kappa shape index (κ3) is 3.25. The van der Waals surface area contributed by atoms with Gasteiger partial charge in [0.15, 0.2) is 0 Å². The van der Waals surface area contributed by atoms with E-state index in [9.17, 15) is 0 Å². The molecule has 0 saturated heterocycles. The van der Waals surface area contributed by atoms with Gasteiger partial charge < -0.3 is 10.1 Å². The molecule has 0 bridgehead atoms. The zero-order valence-electron chi connectivity index (χ0n) is 9.94. The average molecular weight is 199 g/mol. The second kappa shape index (κ2) is 5.72. The third-order valence-corrected chi connectivity index (χ3v) is 3.29. The summed E-state index contributed by atoms with van der Waals surface area (Å²) >= 11 is 0. The summed E-state index contributed by atoms with van der Waals surface area (Å²) in [7, 11) is 2.02. The van der Waals surface area contributed by atoms with Crippen molar-refractivity contribution in [1.29, 1.82) is 0 Å². The fourth-order valence-corrected chi connectivity index (χ4v) is 2.36. The van der Waals surface area contributed by atoms with Crippen molar-refractivity contribution in [2.24, 2.45) is 0 Å². The molecule has 1 rings (SSSR count). The monoisotopic (exact) mass is 199 g/mol. The lowest BCUT2D eigenvalue weighted by molar-refractivity contribution is -0.105. The Balaban J connectivity index is 2.50. The van der Waals surface area contributed by atoms with Gasteiger partial charge in [-0.2, -0.15) is 0 Å². The molecule has 14 heavy (non-hydrogen) atoms. The Morgan fingerprint density at radius 3 is 2.43 bits per heavy atom. The average Bonchev–Trinajstić information content (AvgIpc) is 2.19. The minimum absolute atomic E-state index is 0.141. The van der Waals surface area contributed by atoms with Gasteiger partial charge >= 0.3 is 0 Å². The van der Waals surface area contributed by atoms with E-state index in [-0.39, 0.29) is 5.60 Å². The molecule has 0 spiro atoms. The van der Waals surface area contributed by atoms with Crippen LogP contribution >= 0.6 is 0 Å². The normalized spacial score (nSPS) is 23.4. The van der Waals surface area contributed by atoms with E-state index in [1.807, 2.05) is 7.05 Å². The van der Waals surface area contributed by atoms with Gasteiger partial charge in [-0.05, 0) is 33.2 Å². The Labute approximate surface area is 88.4 Å². The van der Waals surface area contributed by atoms with Gasteiger partial charge in [-0.15, -0.1) is 0 Å². The highest BCUT2D eigenvalue weighted by atomic mass is 16.5. The molecule has 2 nitrogen and oxygen atoms in total. The lowest BCUT2D eigenvalue weighted by Crippen LogP contribution is -2.45. The minimum atomic E-state index is 0.141. The van der Waals surface area contributed by atoms with Crippen molar-refractivity contribution in [2.75, 3.05) is 13.6 Å². The van der Waals surface area contributed by atoms with Gasteiger partial charge in [-0.1, -0.05) is 26.2 Å². The lowest BCUT2D eigenvalue weighted by Gasteiger charge is -2.39. The van der Waals surface area contributed by atoms with Crippen molar-refractivity contribution in [3.05, 3.63) is 0 Å². The predicted molar refractivity (Wildman–Crippen MR) is 60.6 cm³/mol. The van der Waals surface area contributed by atoms with Crippen molar-refractivity contribution in [1.82, 2.24) is 5.32 Å². The molecule has 1 aliphatic carbocycles. The zero-order chi connectivity index (χ0) is 10.4. The van der Waals surface area contributed by atoms with Crippen LogP contribution in [-0.2, 0) is 4.74 Å². The third-order valence-electron chi connectivity index (χ3n) is 3.29. The van der Waals surface area contributed by atoms with Crippen LogP contribution in [0.25, 0.3) is 0 Å². The topological polar surface area (TPSA) is 21.3 Å². The second-order valence-corrected chi connectivity index (χ2v) is 4.61. The fraction of sp³-hybridized carbons (Fsp3) is 1.00. The molecule has 1 aliphatic rings. The van der Waals surface area contributed by atoms with Crippen molar-refractivity contribution >= 4 is 0 Å². The Kier molecular flexibility index (Phi) is 4.90. The van der Waals surface area contributed by atoms with Crippen LogP contribution in [0.15, 0.2) is 0 Å². The molecule has 84 valence electrons. The molecule has 0 aliphatic heterocycles. The summed E-state index contributed by atoms with van der Waals surface area (Å²) in [6.07, 6.45) is 8.04. The Bertz CT molecular complexity index is 147. The van der Waals surface area contributed by atoms with Crippen molar-refractivity contribution in [3.8, 4) is 0 Å². The molecule has 1 saturated carbocycles. The largest absolute Gasteiger partial charge is 0.371 e. The number of likely N-dealkylation sites (N-methyl/N-ethyl adjacent to an activating group) is 1. The van der Waals surface area contributed by atoms with E-state index >= 15 is 0 Å². The maximum atomic E-state index is 6.21. The molecule has 0 radical (unpaired) electrons. The highest BCUT2D eigenvalue weighted by Gasteiger charge is 2.33. The van der Waals surface area contributed by atoms with E-state index in [0.717, 1.165) is 13.0 Å². The van der Waals surface area contributed by atoms with Crippen LogP contribution in [0.5, 0.6) is 0 Å². The summed E-state index contributed by atoms with van der Waals surface area (Å²) in [5.74, 6) is 0. The van der Waals surface area contributed by atoms with Gasteiger partial charge in [-0.3, -0.25) is 0 Å². The summed E-state index contributed by atoms with van der Waals surface area (Å²) in [6, 6.07) is 0. The van der Waals surface area contributed by atoms with Gasteiger partial charge in [0.2, 0.25) is 0 Å². The van der Waals surface area contributed by atoms with Gasteiger partial charge in [0, 0.05) is 6.54 Å². The molecule has 0 heterocycles. The van der Waals surface area contributed by atoms with E-state index in [4.69, 9.17) is 4.74 Å². The molecule has 1 N–H and O–H groups in total. The van der Waals surface area contributed by atoms with Crippen LogP contribution in [0.4, 0.5) is 0 Å². The maximum absolute atomic E-state index is 6.21. The van der Waals surface area contributed by atoms with Crippen molar-refractivity contribution < 1.29 is 4.74 Å². The van der Waals surface area contributed by atoms with E-state index < -0.39 is 0 Å². The smallest absolute Gasteiger partial charge is 0.0809 e. The van der Waals surface area contributed by atoms with Crippen LogP contribution in [0.1, 0.15) is 52.4 Å². The first kappa shape index (κ1) is 12.0. The summed E-state index contributed by atoms with van der Waals surface area (Å²) in [5.41, 5.74) is 0.141. The Morgan fingerprint density at radius 2 is 1.93 bits per heavy atom. The zero-order valence-corrected chi connectivity index (χ0v) is 9.94. The molecule has 1 atom stereocenters. The molecule has 1 fully saturated rings. The van der Waals surface area contributed by atoms with Crippen LogP contribution in [-0.4, -0.2) is 25.3 Å². The Hall–Kier alpha value is -0.0800. The molecular weight excluding hydrogens is 174 g/mol. The quantitative estimate of drug-likeness (QED) is 0.735. The van der Waals surface area contributed by atoms with Crippen molar-refractivity contribution in [2.45, 2.75) is 64.1 Å². The Morgan fingerprint density at radius 1 is 1.29 bits per heavy atom. The maximum Gasteiger partial charge on any atom is 0.0809 e. The summed E-state index contributed by atoms with van der Waals surface area (Å²) < 4.78 is 6.21. The second-order valence-electron chi connectivity index (χ2n) is 4.61. The standard InChI is InChI=1S/C12H25NO/c1-4-11(2)14-12(10-13-3)8-6-5-7-9-12/h11,13H,4-10H2,1-3H3. The van der Waals surface area contributed by atoms with E-state index in [1.165, 1.54) is 32.1 Å². The summed E-state index contributed by atoms with van der Waals surface area (Å²) in [5, 5.41) is 3.28.